The summed E-state index contributed by atoms with van der Waals surface area (Å²) in [6, 6.07) is 4.85. The first-order chi connectivity index (χ1) is 38.5. The van der Waals surface area contributed by atoms with Crippen LogP contribution < -0.4 is 0 Å². The summed E-state index contributed by atoms with van der Waals surface area (Å²) in [4.78, 5) is 60.4. The number of methoxy groups -OCH3 is 3. The van der Waals surface area contributed by atoms with Crippen LogP contribution in [0.4, 0.5) is 0 Å². The Balaban J connectivity index is 1.84. The lowest BCUT2D eigenvalue weighted by Gasteiger charge is -2.43. The molecule has 16 heteroatoms. The summed E-state index contributed by atoms with van der Waals surface area (Å²) in [6.45, 7) is 30.0. The standard InChI is InChI=1S/C65H113NO13Si2/c1-18-75-56-43-57(47(11)40-51-34-36-54(58(41-51)73-16)78-80(19-2,20-3)21-4)76-64(70)53-32-28-29-37-66(53)63(69)62(68)65(71)50(14)33-35-52(77-65)42-55(72-15)45(9)31-27-25-26-30-44(8)38-48(12)59(67)61(74-17)60(49(13)39-46(56)10)79-81(22-5,23-6)24-7/h25-27,30-31,39,44,46-48,50-58,60-61,71H,18-24,28-29,32-38,40-43H2,1-17H3/b27-25+,30-26+,45-31+,49-39+/t44-,46-,47-,48-,50-,51+,52+,53+,54-,55?,56-,57+,58-,60-,61+,65-/m1/s1. The number of allylic oxidation sites excluding steroid dienone is 5. The summed E-state index contributed by atoms with van der Waals surface area (Å²) in [5, 5.41) is 12.2. The number of ketones is 2. The molecular formula is C65H113NO13Si2. The first-order valence-corrected chi connectivity index (χ1v) is 36.8. The highest BCUT2D eigenvalue weighted by Gasteiger charge is 2.53. The number of nitrogens with zero attached hydrogens (tertiary/aromatic N) is 1. The quantitative estimate of drug-likeness (QED) is 0.0597. The van der Waals surface area contributed by atoms with Crippen molar-refractivity contribution in [1.82, 2.24) is 4.90 Å². The Bertz CT molecular complexity index is 2070. The maximum Gasteiger partial charge on any atom is 0.329 e. The molecule has 0 spiro atoms. The molecule has 1 amide bonds. The monoisotopic (exact) mass is 1170 g/mol. The van der Waals surface area contributed by atoms with Crippen molar-refractivity contribution in [2.24, 2.45) is 35.5 Å². The van der Waals surface area contributed by atoms with E-state index in [1.807, 2.05) is 52.0 Å². The van der Waals surface area contributed by atoms with Crippen molar-refractivity contribution in [1.29, 1.82) is 0 Å². The number of fused-ring (bicyclic) bond motifs is 3. The van der Waals surface area contributed by atoms with Crippen molar-refractivity contribution in [3.63, 3.8) is 0 Å². The van der Waals surface area contributed by atoms with Gasteiger partial charge in [-0.15, -0.1) is 0 Å². The number of piperidine rings is 1. The van der Waals surface area contributed by atoms with Gasteiger partial charge < -0.3 is 47.3 Å². The molecule has 3 aliphatic heterocycles. The highest BCUT2D eigenvalue weighted by molar-refractivity contribution is 6.74. The average molecular weight is 1170 g/mol. The Morgan fingerprint density at radius 2 is 1.36 bits per heavy atom. The van der Waals surface area contributed by atoms with Gasteiger partial charge in [-0.1, -0.05) is 113 Å². The van der Waals surface area contributed by atoms with E-state index in [9.17, 15) is 19.5 Å². The fourth-order valence-corrected chi connectivity index (χ4v) is 19.3. The van der Waals surface area contributed by atoms with Crippen molar-refractivity contribution < 1.29 is 61.6 Å². The molecule has 0 aromatic rings. The van der Waals surface area contributed by atoms with Crippen LogP contribution in [0, 0.1) is 35.5 Å². The molecule has 1 N–H and O–H groups in total. The lowest BCUT2D eigenvalue weighted by molar-refractivity contribution is -0.265. The Morgan fingerprint density at radius 3 is 1.96 bits per heavy atom. The molecule has 1 saturated carbocycles. The molecule has 1 aliphatic carbocycles. The minimum Gasteiger partial charge on any atom is -0.460 e. The highest BCUT2D eigenvalue weighted by atomic mass is 28.4. The van der Waals surface area contributed by atoms with Crippen molar-refractivity contribution in [2.75, 3.05) is 34.5 Å². The smallest absolute Gasteiger partial charge is 0.329 e. The predicted octanol–water partition coefficient (Wildman–Crippen LogP) is 13.1. The van der Waals surface area contributed by atoms with Gasteiger partial charge in [-0.05, 0) is 150 Å². The molecule has 2 saturated heterocycles. The number of rotatable bonds is 18. The molecule has 4 aliphatic rings. The van der Waals surface area contributed by atoms with Gasteiger partial charge >= 0.3 is 5.97 Å². The fourth-order valence-electron chi connectivity index (χ4n) is 13.5. The van der Waals surface area contributed by atoms with Crippen LogP contribution in [-0.2, 0) is 56.5 Å². The van der Waals surface area contributed by atoms with Crippen LogP contribution in [0.1, 0.15) is 174 Å². The summed E-state index contributed by atoms with van der Waals surface area (Å²) in [5.41, 5.74) is 1.81. The summed E-state index contributed by atoms with van der Waals surface area (Å²) in [6.07, 6.45) is 15.9. The second kappa shape index (κ2) is 33.9. The van der Waals surface area contributed by atoms with E-state index in [0.29, 0.717) is 58.0 Å². The number of cyclic esters (lactones) is 1. The van der Waals surface area contributed by atoms with E-state index in [1.165, 1.54) is 4.90 Å². The molecule has 81 heavy (non-hydrogen) atoms. The molecule has 4 rings (SSSR count). The van der Waals surface area contributed by atoms with Gasteiger partial charge in [-0.2, -0.15) is 0 Å². The Hall–Kier alpha value is -2.65. The number of Topliss-reactive ketones (excluding diaryl/α,β-unsaturated/α-hetero) is 2. The molecule has 1 unspecified atom stereocenters. The van der Waals surface area contributed by atoms with Crippen molar-refractivity contribution >= 4 is 40.1 Å². The topological polar surface area (TPSA) is 166 Å². The Kier molecular flexibility index (Phi) is 29.6. The Morgan fingerprint density at radius 1 is 0.704 bits per heavy atom. The molecule has 464 valence electrons. The summed E-state index contributed by atoms with van der Waals surface area (Å²) >= 11 is 0. The van der Waals surface area contributed by atoms with Gasteiger partial charge in [-0.3, -0.25) is 14.4 Å². The normalized spacial score (nSPS) is 36.1. The summed E-state index contributed by atoms with van der Waals surface area (Å²) in [7, 11) is 0.820. The number of hydrogen-bond acceptors (Lipinski definition) is 13. The van der Waals surface area contributed by atoms with Gasteiger partial charge in [-0.25, -0.2) is 4.79 Å². The number of carbonyl (C=O) groups is 4. The van der Waals surface area contributed by atoms with Crippen molar-refractivity contribution in [2.45, 2.75) is 271 Å². The SMILES string of the molecule is CCO[C@@H]1C[C@@H]([C@H](C)C[C@@H]2CC[C@@H](O[Si](CC)(CC)CC)[C@H](OC)C2)OC(=O)[C@@H]2CCCCN2C(=O)C(=O)[C@]2(O)O[C@@H](CC[C@H]2C)CC(OC)/C(C)=C/C=C/C=C/[C@@H](C)C[C@@H](C)C(=O)[C@H](OC)[C@H](O[Si](CC)(CC)CC)/C(C)=C/[C@H]1C. The molecule has 14 nitrogen and oxygen atoms in total. The first kappa shape index (κ1) is 70.8. The van der Waals surface area contributed by atoms with Gasteiger partial charge in [0.15, 0.2) is 22.4 Å². The van der Waals surface area contributed by atoms with E-state index >= 15 is 4.79 Å². The van der Waals surface area contributed by atoms with Crippen LogP contribution >= 0.6 is 0 Å². The summed E-state index contributed by atoms with van der Waals surface area (Å²) < 4.78 is 52.6. The second-order valence-electron chi connectivity index (χ2n) is 24.9. The maximum atomic E-state index is 15.1. The lowest BCUT2D eigenvalue weighted by atomic mass is 9.78. The van der Waals surface area contributed by atoms with Crippen LogP contribution in [0.15, 0.2) is 47.6 Å². The number of amides is 1. The van der Waals surface area contributed by atoms with Crippen LogP contribution in [0.5, 0.6) is 0 Å². The second-order valence-corrected chi connectivity index (χ2v) is 34.3. The third kappa shape index (κ3) is 18.9. The van der Waals surface area contributed by atoms with Crippen molar-refractivity contribution in [3.05, 3.63) is 47.6 Å². The third-order valence-electron chi connectivity index (χ3n) is 19.6. The van der Waals surface area contributed by atoms with Gasteiger partial charge in [0.25, 0.3) is 11.7 Å². The van der Waals surface area contributed by atoms with Gasteiger partial charge in [0.2, 0.25) is 5.79 Å². The van der Waals surface area contributed by atoms with Gasteiger partial charge in [0, 0.05) is 65.1 Å². The number of esters is 1. The molecule has 2 bridgehead atoms. The molecule has 0 aromatic heterocycles. The molecule has 16 atom stereocenters. The average Bonchev–Trinajstić information content (AvgIpc) is 3.46. The molecule has 3 heterocycles. The first-order valence-electron chi connectivity index (χ1n) is 31.8. The Labute approximate surface area is 492 Å². The minimum atomic E-state index is -2.39. The maximum absolute atomic E-state index is 15.1. The predicted molar refractivity (Wildman–Crippen MR) is 328 cm³/mol. The molecule has 3 fully saturated rings. The minimum absolute atomic E-state index is 0.00534. The fraction of sp³-hybridized carbons (Fsp3) is 0.815. The number of aliphatic hydroxyl groups is 1. The van der Waals surface area contributed by atoms with Crippen LogP contribution in [0.2, 0.25) is 36.3 Å². The van der Waals surface area contributed by atoms with E-state index in [0.717, 1.165) is 73.1 Å². The van der Waals surface area contributed by atoms with Crippen molar-refractivity contribution in [3.8, 4) is 0 Å². The van der Waals surface area contributed by atoms with Crippen LogP contribution in [-0.4, -0.2) is 145 Å². The molecular weight excluding hydrogens is 1060 g/mol. The van der Waals surface area contributed by atoms with Gasteiger partial charge in [0.05, 0.1) is 36.6 Å². The van der Waals surface area contributed by atoms with E-state index in [-0.39, 0.29) is 54.1 Å². The largest absolute Gasteiger partial charge is 0.460 e. The zero-order valence-electron chi connectivity index (χ0n) is 53.6. The summed E-state index contributed by atoms with van der Waals surface area (Å²) in [5.74, 6) is -5.98. The van der Waals surface area contributed by atoms with E-state index in [4.69, 9.17) is 37.3 Å². The number of ether oxygens (including phenoxy) is 6. The molecule has 0 radical (unpaired) electrons. The number of hydrogen-bond donors (Lipinski definition) is 1. The van der Waals surface area contributed by atoms with E-state index in [1.54, 1.807) is 28.3 Å². The molecule has 0 aromatic carbocycles. The van der Waals surface area contributed by atoms with E-state index in [2.05, 4.69) is 74.5 Å². The zero-order chi connectivity index (χ0) is 60.2. The van der Waals surface area contributed by atoms with E-state index < -0.39 is 88.7 Å². The third-order valence-corrected chi connectivity index (χ3v) is 28.9. The van der Waals surface area contributed by atoms with Crippen LogP contribution in [0.3, 0.4) is 0 Å². The van der Waals surface area contributed by atoms with Crippen LogP contribution in [0.25, 0.3) is 0 Å². The van der Waals surface area contributed by atoms with Gasteiger partial charge in [0.1, 0.15) is 18.2 Å². The number of carbonyl (C=O) groups excluding carboxylic acids is 4. The zero-order valence-corrected chi connectivity index (χ0v) is 55.6. The highest BCUT2D eigenvalue weighted by Crippen LogP contribution is 2.40. The lowest BCUT2D eigenvalue weighted by Crippen LogP contribution is -2.61.